The van der Waals surface area contributed by atoms with Crippen molar-refractivity contribution in [2.45, 2.75) is 38.6 Å². The zero-order valence-electron chi connectivity index (χ0n) is 22.5. The van der Waals surface area contributed by atoms with Gasteiger partial charge in [0.1, 0.15) is 23.0 Å². The first-order valence-corrected chi connectivity index (χ1v) is 12.2. The fourth-order valence-corrected chi connectivity index (χ4v) is 4.54. The third kappa shape index (κ3) is 5.61. The molecule has 7 nitrogen and oxygen atoms in total. The molecule has 0 bridgehead atoms. The van der Waals surface area contributed by atoms with Crippen LogP contribution in [0.1, 0.15) is 43.5 Å². The molecule has 40 heavy (non-hydrogen) atoms. The second-order valence-corrected chi connectivity index (χ2v) is 10.2. The highest BCUT2D eigenvalue weighted by Gasteiger charge is 2.47. The Bertz CT molecular complexity index is 1470. The van der Waals surface area contributed by atoms with Crippen LogP contribution in [-0.4, -0.2) is 37.4 Å². The lowest BCUT2D eigenvalue weighted by Gasteiger charge is -2.26. The number of ether oxygens (including phenoxy) is 3. The number of carbonyl (C=O) groups excluding carboxylic acids is 2. The van der Waals surface area contributed by atoms with E-state index in [0.717, 1.165) is 22.6 Å². The molecule has 0 spiro atoms. The molecular weight excluding hydrogens is 527 g/mol. The summed E-state index contributed by atoms with van der Waals surface area (Å²) >= 11 is 0. The van der Waals surface area contributed by atoms with Gasteiger partial charge < -0.3 is 19.3 Å². The summed E-state index contributed by atoms with van der Waals surface area (Å²) in [5.41, 5.74) is 1.11. The van der Waals surface area contributed by atoms with Gasteiger partial charge in [0.05, 0.1) is 31.4 Å². The van der Waals surface area contributed by atoms with Crippen LogP contribution in [0.15, 0.2) is 72.3 Å². The molecule has 1 heterocycles. The number of hydrogen-bond acceptors (Lipinski definition) is 6. The first-order valence-electron chi connectivity index (χ1n) is 12.2. The van der Waals surface area contributed by atoms with Gasteiger partial charge in [-0.15, -0.1) is 13.2 Å². The summed E-state index contributed by atoms with van der Waals surface area (Å²) in [5.74, 6) is -2.16. The number of Topliss-reactive ketones (excluding diaryl/α,β-unsaturated/α-hetero) is 1. The Morgan fingerprint density at radius 2 is 1.55 bits per heavy atom. The zero-order chi connectivity index (χ0) is 29.4. The number of rotatable bonds is 6. The number of benzene rings is 3. The highest BCUT2D eigenvalue weighted by atomic mass is 19.4. The maximum absolute atomic E-state index is 13.5. The molecule has 1 amide bonds. The van der Waals surface area contributed by atoms with E-state index in [1.807, 2.05) is 26.8 Å². The van der Waals surface area contributed by atoms with Crippen LogP contribution >= 0.6 is 0 Å². The van der Waals surface area contributed by atoms with E-state index in [-0.39, 0.29) is 28.0 Å². The van der Waals surface area contributed by atoms with Crippen LogP contribution in [0.4, 0.5) is 18.9 Å². The van der Waals surface area contributed by atoms with Crippen LogP contribution < -0.4 is 19.1 Å². The molecule has 3 aromatic carbocycles. The lowest BCUT2D eigenvalue weighted by Crippen LogP contribution is -2.29. The highest BCUT2D eigenvalue weighted by Crippen LogP contribution is 2.44. The third-order valence-corrected chi connectivity index (χ3v) is 6.52. The van der Waals surface area contributed by atoms with E-state index < -0.39 is 35.6 Å². The number of alkyl halides is 3. The summed E-state index contributed by atoms with van der Waals surface area (Å²) in [6.45, 7) is 5.96. The Balaban J connectivity index is 1.94. The maximum Gasteiger partial charge on any atom is 0.573 e. The number of hydrogen-bond donors (Lipinski definition) is 1. The van der Waals surface area contributed by atoms with E-state index in [1.54, 1.807) is 36.4 Å². The van der Waals surface area contributed by atoms with Crippen molar-refractivity contribution < 1.29 is 42.1 Å². The van der Waals surface area contributed by atoms with E-state index in [2.05, 4.69) is 4.74 Å². The number of ketones is 1. The van der Waals surface area contributed by atoms with Crippen molar-refractivity contribution >= 4 is 23.1 Å². The largest absolute Gasteiger partial charge is 0.573 e. The lowest BCUT2D eigenvalue weighted by molar-refractivity contribution is -0.274. The van der Waals surface area contributed by atoms with Crippen LogP contribution in [0.2, 0.25) is 0 Å². The highest BCUT2D eigenvalue weighted by molar-refractivity contribution is 6.51. The molecule has 0 radical (unpaired) electrons. The Hall–Kier alpha value is -4.47. The molecule has 4 rings (SSSR count). The summed E-state index contributed by atoms with van der Waals surface area (Å²) in [7, 11) is 2.88. The molecule has 1 unspecified atom stereocenters. The van der Waals surface area contributed by atoms with Crippen molar-refractivity contribution in [3.63, 3.8) is 0 Å². The van der Waals surface area contributed by atoms with Gasteiger partial charge in [0, 0.05) is 5.69 Å². The molecule has 3 aromatic rings. The van der Waals surface area contributed by atoms with E-state index >= 15 is 0 Å². The number of methoxy groups -OCH3 is 2. The average molecular weight is 556 g/mol. The maximum atomic E-state index is 13.5. The molecule has 210 valence electrons. The molecule has 1 N–H and O–H groups in total. The molecule has 1 atom stereocenters. The van der Waals surface area contributed by atoms with E-state index in [0.29, 0.717) is 11.3 Å². The summed E-state index contributed by atoms with van der Waals surface area (Å²) < 4.78 is 52.8. The summed E-state index contributed by atoms with van der Waals surface area (Å²) in [6, 6.07) is 15.3. The van der Waals surface area contributed by atoms with Crippen LogP contribution in [-0.2, 0) is 15.0 Å². The zero-order valence-corrected chi connectivity index (χ0v) is 22.5. The predicted octanol–water partition coefficient (Wildman–Crippen LogP) is 6.53. The minimum absolute atomic E-state index is 0.124. The molecule has 10 heteroatoms. The Morgan fingerprint density at radius 1 is 0.875 bits per heavy atom. The Kier molecular flexibility index (Phi) is 7.56. The summed E-state index contributed by atoms with van der Waals surface area (Å²) in [6.07, 6.45) is -4.90. The SMILES string of the molecule is COc1cccc(C2/C(=C(\O)c3cc(C(C)(C)C)ccc3OC)C(=O)C(=O)N2c2ccc(OC(F)(F)F)cc2)c1. The fourth-order valence-electron chi connectivity index (χ4n) is 4.54. The molecular formula is C30H28F3NO6. The van der Waals surface area contributed by atoms with Crippen LogP contribution in [0, 0.1) is 0 Å². The van der Waals surface area contributed by atoms with Crippen LogP contribution in [0.5, 0.6) is 17.2 Å². The number of aliphatic hydroxyl groups excluding tert-OH is 1. The van der Waals surface area contributed by atoms with Gasteiger partial charge in [0.2, 0.25) is 0 Å². The number of aliphatic hydroxyl groups is 1. The fraction of sp³-hybridized carbons (Fsp3) is 0.267. The van der Waals surface area contributed by atoms with Gasteiger partial charge in [0.15, 0.2) is 0 Å². The number of amides is 1. The van der Waals surface area contributed by atoms with Crippen molar-refractivity contribution in [3.8, 4) is 17.2 Å². The summed E-state index contributed by atoms with van der Waals surface area (Å²) in [5, 5.41) is 11.6. The Morgan fingerprint density at radius 3 is 2.12 bits per heavy atom. The van der Waals surface area contributed by atoms with Gasteiger partial charge in [-0.2, -0.15) is 0 Å². The van der Waals surface area contributed by atoms with Crippen molar-refractivity contribution in [2.75, 3.05) is 19.1 Å². The van der Waals surface area contributed by atoms with Crippen molar-refractivity contribution in [1.82, 2.24) is 0 Å². The standard InChI is InChI=1S/C30H28F3NO6/c1-29(2,3)18-9-14-23(39-5)22(16-18)26(35)24-25(17-7-6-8-21(15-17)38-4)34(28(37)27(24)36)19-10-12-20(13-11-19)40-30(31,32)33/h6-16,25,35H,1-5H3/b26-24+. The first-order chi connectivity index (χ1) is 18.7. The molecule has 0 aliphatic carbocycles. The number of halogens is 3. The van der Waals surface area contributed by atoms with Gasteiger partial charge in [-0.05, 0) is 65.1 Å². The Labute approximate surface area is 229 Å². The lowest BCUT2D eigenvalue weighted by atomic mass is 9.85. The van der Waals surface area contributed by atoms with Gasteiger partial charge in [-0.1, -0.05) is 39.0 Å². The minimum atomic E-state index is -4.90. The van der Waals surface area contributed by atoms with E-state index in [4.69, 9.17) is 9.47 Å². The quantitative estimate of drug-likeness (QED) is 0.212. The van der Waals surface area contributed by atoms with E-state index in [9.17, 15) is 27.9 Å². The van der Waals surface area contributed by atoms with Gasteiger partial charge in [-0.3, -0.25) is 14.5 Å². The number of anilines is 1. The van der Waals surface area contributed by atoms with Crippen molar-refractivity contribution in [2.24, 2.45) is 0 Å². The van der Waals surface area contributed by atoms with Crippen molar-refractivity contribution in [1.29, 1.82) is 0 Å². The second-order valence-electron chi connectivity index (χ2n) is 10.2. The third-order valence-electron chi connectivity index (χ3n) is 6.52. The second kappa shape index (κ2) is 10.6. The monoisotopic (exact) mass is 555 g/mol. The predicted molar refractivity (Wildman–Crippen MR) is 143 cm³/mol. The normalized spacial score (nSPS) is 17.2. The first kappa shape index (κ1) is 28.5. The van der Waals surface area contributed by atoms with Gasteiger partial charge in [-0.25, -0.2) is 0 Å². The van der Waals surface area contributed by atoms with Crippen LogP contribution in [0.25, 0.3) is 5.76 Å². The van der Waals surface area contributed by atoms with Gasteiger partial charge in [0.25, 0.3) is 11.7 Å². The molecule has 0 aromatic heterocycles. The molecule has 1 saturated heterocycles. The molecule has 1 fully saturated rings. The molecule has 1 aliphatic rings. The summed E-state index contributed by atoms with van der Waals surface area (Å²) in [4.78, 5) is 28.1. The topological polar surface area (TPSA) is 85.3 Å². The smallest absolute Gasteiger partial charge is 0.507 e. The van der Waals surface area contributed by atoms with E-state index in [1.165, 1.54) is 26.4 Å². The molecule has 0 saturated carbocycles. The average Bonchev–Trinajstić information content (AvgIpc) is 3.17. The minimum Gasteiger partial charge on any atom is -0.507 e. The van der Waals surface area contributed by atoms with Gasteiger partial charge >= 0.3 is 6.36 Å². The molecule has 1 aliphatic heterocycles. The van der Waals surface area contributed by atoms with Crippen molar-refractivity contribution in [3.05, 3.63) is 89.0 Å². The number of carbonyl (C=O) groups is 2. The van der Waals surface area contributed by atoms with Crippen LogP contribution in [0.3, 0.4) is 0 Å². The number of nitrogens with zero attached hydrogens (tertiary/aromatic N) is 1.